The maximum absolute atomic E-state index is 10.8. The summed E-state index contributed by atoms with van der Waals surface area (Å²) in [6.45, 7) is 3.97. The molecule has 0 radical (unpaired) electrons. The predicted octanol–water partition coefficient (Wildman–Crippen LogP) is 1.31. The number of carbonyl (C=O) groups excluding carboxylic acids is 1. The first kappa shape index (κ1) is 7.58. The van der Waals surface area contributed by atoms with Gasteiger partial charge >= 0.3 is 0 Å². The Morgan fingerprint density at radius 3 is 2.70 bits per heavy atom. The van der Waals surface area contributed by atoms with E-state index in [9.17, 15) is 4.79 Å². The highest BCUT2D eigenvalue weighted by atomic mass is 16.1. The van der Waals surface area contributed by atoms with Gasteiger partial charge in [0.05, 0.1) is 0 Å². The van der Waals surface area contributed by atoms with Crippen LogP contribution in [0.2, 0.25) is 0 Å². The van der Waals surface area contributed by atoms with E-state index >= 15 is 0 Å². The van der Waals surface area contributed by atoms with Crippen LogP contribution in [-0.4, -0.2) is 11.9 Å². The largest absolute Gasteiger partial charge is 0.353 e. The number of rotatable bonds is 3. The Kier molecular flexibility index (Phi) is 2.30. The maximum atomic E-state index is 10.8. The maximum Gasteiger partial charge on any atom is 0.219 e. The molecule has 2 nitrogen and oxygen atoms in total. The fraction of sp³-hybridized carbons (Fsp3) is 0.875. The minimum absolute atomic E-state index is 0.180. The number of hydrogen-bond donors (Lipinski definition) is 1. The zero-order valence-electron chi connectivity index (χ0n) is 6.68. The molecule has 1 N–H and O–H groups in total. The van der Waals surface area contributed by atoms with E-state index < -0.39 is 0 Å². The molecule has 2 heteroatoms. The van der Waals surface area contributed by atoms with Gasteiger partial charge < -0.3 is 5.32 Å². The zero-order valence-corrected chi connectivity index (χ0v) is 6.68. The van der Waals surface area contributed by atoms with E-state index in [1.54, 1.807) is 0 Å². The van der Waals surface area contributed by atoms with Crippen LogP contribution >= 0.6 is 0 Å². The predicted molar refractivity (Wildman–Crippen MR) is 40.6 cm³/mol. The van der Waals surface area contributed by atoms with Crippen molar-refractivity contribution in [2.45, 2.75) is 39.2 Å². The van der Waals surface area contributed by atoms with Gasteiger partial charge in [-0.3, -0.25) is 4.79 Å². The summed E-state index contributed by atoms with van der Waals surface area (Å²) in [5, 5.41) is 2.95. The summed E-state index contributed by atoms with van der Waals surface area (Å²) in [6.07, 6.45) is 3.20. The normalized spacial score (nSPS) is 20.2. The third-order valence-corrected chi connectivity index (χ3v) is 2.04. The molecular formula is C8H15NO. The zero-order chi connectivity index (χ0) is 7.56. The molecule has 0 spiro atoms. The van der Waals surface area contributed by atoms with Gasteiger partial charge in [0.15, 0.2) is 0 Å². The van der Waals surface area contributed by atoms with Crippen molar-refractivity contribution in [1.29, 1.82) is 0 Å². The van der Waals surface area contributed by atoms with E-state index in [0.717, 1.165) is 5.92 Å². The molecule has 58 valence electrons. The fourth-order valence-corrected chi connectivity index (χ4v) is 1.07. The molecule has 0 aromatic rings. The smallest absolute Gasteiger partial charge is 0.219 e. The molecule has 1 unspecified atom stereocenters. The van der Waals surface area contributed by atoms with E-state index in [-0.39, 0.29) is 5.91 Å². The van der Waals surface area contributed by atoms with Crippen LogP contribution in [0.5, 0.6) is 0 Å². The van der Waals surface area contributed by atoms with Crippen molar-refractivity contribution in [2.24, 2.45) is 5.92 Å². The van der Waals surface area contributed by atoms with Crippen molar-refractivity contribution < 1.29 is 4.79 Å². The molecule has 10 heavy (non-hydrogen) atoms. The molecule has 1 amide bonds. The summed E-state index contributed by atoms with van der Waals surface area (Å²) in [4.78, 5) is 10.8. The van der Waals surface area contributed by atoms with Crippen molar-refractivity contribution >= 4 is 5.91 Å². The van der Waals surface area contributed by atoms with E-state index in [0.29, 0.717) is 12.5 Å². The monoisotopic (exact) mass is 141 g/mol. The Balaban J connectivity index is 2.16. The van der Waals surface area contributed by atoms with Gasteiger partial charge in [-0.2, -0.15) is 0 Å². The summed E-state index contributed by atoms with van der Waals surface area (Å²) in [5.74, 6) is 0.954. The molecule has 1 atom stereocenters. The van der Waals surface area contributed by atoms with Crippen LogP contribution in [0.4, 0.5) is 0 Å². The molecule has 0 bridgehead atoms. The Hall–Kier alpha value is -0.530. The molecule has 0 aliphatic heterocycles. The van der Waals surface area contributed by atoms with Gasteiger partial charge in [0.2, 0.25) is 5.91 Å². The number of hydrogen-bond acceptors (Lipinski definition) is 1. The second kappa shape index (κ2) is 3.04. The Morgan fingerprint density at radius 1 is 1.70 bits per heavy atom. The topological polar surface area (TPSA) is 29.1 Å². The standard InChI is InChI=1S/C8H15NO/c1-3-8(10)9-6(2)7-4-5-7/h6-7H,3-5H2,1-2H3,(H,9,10). The molecule has 0 saturated heterocycles. The molecule has 0 aromatic carbocycles. The van der Waals surface area contributed by atoms with Crippen molar-refractivity contribution in [1.82, 2.24) is 5.32 Å². The van der Waals surface area contributed by atoms with Crippen molar-refractivity contribution in [3.63, 3.8) is 0 Å². The van der Waals surface area contributed by atoms with Crippen LogP contribution in [0.15, 0.2) is 0 Å². The minimum Gasteiger partial charge on any atom is -0.353 e. The minimum atomic E-state index is 0.180. The van der Waals surface area contributed by atoms with Crippen molar-refractivity contribution in [3.05, 3.63) is 0 Å². The van der Waals surface area contributed by atoms with Crippen LogP contribution < -0.4 is 5.32 Å². The second-order valence-electron chi connectivity index (χ2n) is 3.05. The third-order valence-electron chi connectivity index (χ3n) is 2.04. The first-order valence-electron chi connectivity index (χ1n) is 4.03. The van der Waals surface area contributed by atoms with Gasteiger partial charge in [-0.05, 0) is 25.7 Å². The van der Waals surface area contributed by atoms with Crippen molar-refractivity contribution in [3.8, 4) is 0 Å². The van der Waals surface area contributed by atoms with Gasteiger partial charge in [0, 0.05) is 12.5 Å². The van der Waals surface area contributed by atoms with E-state index in [1.807, 2.05) is 6.92 Å². The lowest BCUT2D eigenvalue weighted by molar-refractivity contribution is -0.121. The molecule has 1 aliphatic carbocycles. The Labute approximate surface area is 62.0 Å². The molecular weight excluding hydrogens is 126 g/mol. The second-order valence-corrected chi connectivity index (χ2v) is 3.05. The van der Waals surface area contributed by atoms with Crippen LogP contribution in [0.1, 0.15) is 33.1 Å². The number of nitrogens with one attached hydrogen (secondary N) is 1. The fourth-order valence-electron chi connectivity index (χ4n) is 1.07. The average Bonchev–Trinajstić information content (AvgIpc) is 2.68. The average molecular weight is 141 g/mol. The van der Waals surface area contributed by atoms with E-state index in [1.165, 1.54) is 12.8 Å². The van der Waals surface area contributed by atoms with Crippen molar-refractivity contribution in [2.75, 3.05) is 0 Å². The quantitative estimate of drug-likeness (QED) is 0.631. The number of carbonyl (C=O) groups is 1. The molecule has 0 heterocycles. The van der Waals surface area contributed by atoms with E-state index in [2.05, 4.69) is 12.2 Å². The Bertz CT molecular complexity index is 129. The molecule has 0 aromatic heterocycles. The van der Waals surface area contributed by atoms with Gasteiger partial charge in [0.25, 0.3) is 0 Å². The first-order valence-corrected chi connectivity index (χ1v) is 4.03. The van der Waals surface area contributed by atoms with Gasteiger partial charge in [0.1, 0.15) is 0 Å². The summed E-state index contributed by atoms with van der Waals surface area (Å²) < 4.78 is 0. The highest BCUT2D eigenvalue weighted by Gasteiger charge is 2.28. The van der Waals surface area contributed by atoms with Gasteiger partial charge in [-0.1, -0.05) is 6.92 Å². The van der Waals surface area contributed by atoms with Gasteiger partial charge in [-0.25, -0.2) is 0 Å². The molecule has 1 rings (SSSR count). The summed E-state index contributed by atoms with van der Waals surface area (Å²) >= 11 is 0. The molecule has 1 saturated carbocycles. The summed E-state index contributed by atoms with van der Waals surface area (Å²) in [7, 11) is 0. The molecule has 1 aliphatic rings. The summed E-state index contributed by atoms with van der Waals surface area (Å²) in [5.41, 5.74) is 0. The number of amides is 1. The van der Waals surface area contributed by atoms with Gasteiger partial charge in [-0.15, -0.1) is 0 Å². The lowest BCUT2D eigenvalue weighted by atomic mass is 10.2. The van der Waals surface area contributed by atoms with Crippen LogP contribution in [0, 0.1) is 5.92 Å². The van der Waals surface area contributed by atoms with E-state index in [4.69, 9.17) is 0 Å². The van der Waals surface area contributed by atoms with Crippen LogP contribution in [-0.2, 0) is 4.79 Å². The highest BCUT2D eigenvalue weighted by molar-refractivity contribution is 5.75. The first-order chi connectivity index (χ1) is 4.74. The Morgan fingerprint density at radius 2 is 2.30 bits per heavy atom. The summed E-state index contributed by atoms with van der Waals surface area (Å²) in [6, 6.07) is 0.410. The van der Waals surface area contributed by atoms with Crippen LogP contribution in [0.3, 0.4) is 0 Å². The molecule has 1 fully saturated rings. The van der Waals surface area contributed by atoms with Crippen LogP contribution in [0.25, 0.3) is 0 Å². The lowest BCUT2D eigenvalue weighted by Crippen LogP contribution is -2.33. The third kappa shape index (κ3) is 2.01. The highest BCUT2D eigenvalue weighted by Crippen LogP contribution is 2.32. The lowest BCUT2D eigenvalue weighted by Gasteiger charge is -2.10. The SMILES string of the molecule is CCC(=O)NC(C)C1CC1.